The van der Waals surface area contributed by atoms with Gasteiger partial charge in [0.05, 0.1) is 53.6 Å². The molecule has 0 fully saturated rings. The lowest BCUT2D eigenvalue weighted by Gasteiger charge is -2.29. The summed E-state index contributed by atoms with van der Waals surface area (Å²) in [5, 5.41) is -3.70. The summed E-state index contributed by atoms with van der Waals surface area (Å²) in [7, 11) is 0. The fourth-order valence-electron chi connectivity index (χ4n) is 7.29. The third kappa shape index (κ3) is 4.86. The highest BCUT2D eigenvalue weighted by molar-refractivity contribution is 6.20. The maximum absolute atomic E-state index is 10.6. The Bertz CT molecular complexity index is 5200. The lowest BCUT2D eigenvalue weighted by molar-refractivity contribution is 0.660. The SMILES string of the molecule is [2H]c1c([2H])c([2H])c(-c2c([2H])c([2H])c(-c3c([2H])c(N(c4c([2H])c([2H])c5c(c4[2H])C(C)(C)c4c([2H])c([2H])c([2H])c([2H])c4-5)c4c([2H])c([2H])c5c(oc6c([2H])c([2H])c([2H])c([2H])c65)c4[2H])c4c(oc5c6c([2H])c([2H])c([2H])c([2H])c6c([2H])c([2H])c54)c3[2H])c([2H])c2[2H])c([2H])c1[2H]. The molecule has 58 heavy (non-hydrogen) atoms. The number of hydrogen-bond donors (Lipinski definition) is 0. The summed E-state index contributed by atoms with van der Waals surface area (Å²) < 4.78 is 298. The van der Waals surface area contributed by atoms with Crippen LogP contribution in [-0.2, 0) is 5.41 Å². The monoisotopic (exact) mass is 774 g/mol. The average Bonchev–Trinajstić information content (AvgIpc) is 1.59. The van der Waals surface area contributed by atoms with Crippen LogP contribution in [0.3, 0.4) is 0 Å². The number of nitrogens with zero attached hydrogens (tertiary/aromatic N) is 1. The van der Waals surface area contributed by atoms with Gasteiger partial charge in [-0.15, -0.1) is 0 Å². The molecule has 0 radical (unpaired) electrons. The van der Waals surface area contributed by atoms with Crippen molar-refractivity contribution in [3.63, 3.8) is 0 Å². The van der Waals surface area contributed by atoms with Crippen LogP contribution in [-0.4, -0.2) is 0 Å². The molecule has 0 saturated carbocycles. The van der Waals surface area contributed by atoms with E-state index in [1.54, 1.807) is 0 Å². The van der Waals surface area contributed by atoms with E-state index < -0.39 is 287 Å². The van der Waals surface area contributed by atoms with E-state index in [9.17, 15) is 19.2 Å². The molecular formula is C55H37NO2. The first-order valence-corrected chi connectivity index (χ1v) is 17.5. The van der Waals surface area contributed by atoms with Gasteiger partial charge < -0.3 is 13.7 Å². The molecule has 0 aliphatic heterocycles. The predicted octanol–water partition coefficient (Wildman–Crippen LogP) is 15.7. The number of anilines is 3. The van der Waals surface area contributed by atoms with Gasteiger partial charge in [0, 0.05) is 44.4 Å². The third-order valence-corrected chi connectivity index (χ3v) is 10.0. The molecule has 1 aliphatic carbocycles. The molecule has 274 valence electrons. The lowest BCUT2D eigenvalue weighted by Crippen LogP contribution is -2.16. The Balaban J connectivity index is 1.37. The van der Waals surface area contributed by atoms with E-state index in [1.165, 1.54) is 13.8 Å². The first kappa shape index (κ1) is 14.5. The maximum Gasteiger partial charge on any atom is 0.143 e. The first-order chi connectivity index (χ1) is 41.4. The van der Waals surface area contributed by atoms with Crippen LogP contribution in [0.5, 0.6) is 0 Å². The largest absolute Gasteiger partial charge is 0.456 e. The van der Waals surface area contributed by atoms with E-state index in [-0.39, 0.29) is 22.3 Å². The fourth-order valence-corrected chi connectivity index (χ4v) is 7.29. The van der Waals surface area contributed by atoms with Crippen LogP contribution < -0.4 is 4.90 Å². The average molecular weight is 775 g/mol. The molecule has 0 atom stereocenters. The van der Waals surface area contributed by atoms with E-state index in [4.69, 9.17) is 32.1 Å². The Morgan fingerprint density at radius 2 is 1.07 bits per heavy atom. The first-order valence-electron chi connectivity index (χ1n) is 33.0. The number of furan rings is 2. The number of rotatable bonds is 5. The second kappa shape index (κ2) is 12.3. The molecule has 0 amide bonds. The molecule has 0 bridgehead atoms. The van der Waals surface area contributed by atoms with Crippen molar-refractivity contribution in [1.82, 2.24) is 0 Å². The zero-order chi connectivity index (χ0) is 65.5. The van der Waals surface area contributed by atoms with Crippen LogP contribution in [0.2, 0.25) is 0 Å². The Morgan fingerprint density at radius 3 is 1.93 bits per heavy atom. The van der Waals surface area contributed by atoms with E-state index in [0.29, 0.717) is 4.90 Å². The molecule has 0 unspecified atom stereocenters. The third-order valence-electron chi connectivity index (χ3n) is 10.0. The van der Waals surface area contributed by atoms with Gasteiger partial charge in [0.25, 0.3) is 0 Å². The maximum atomic E-state index is 10.6. The van der Waals surface area contributed by atoms with Crippen molar-refractivity contribution in [3.8, 4) is 33.4 Å². The van der Waals surface area contributed by atoms with Crippen molar-refractivity contribution in [3.05, 3.63) is 198 Å². The van der Waals surface area contributed by atoms with Gasteiger partial charge in [-0.2, -0.15) is 0 Å². The standard InChI is InChI=1S/C55H37NO2/c1-55(2)47-18-10-8-16-42(47)43-28-25-39(32-48(43)55)56(40-26-29-45-44-17-9-11-19-50(44)57-51(45)33-40)49-30-38(36-22-20-35(21-23-36)34-12-4-3-5-13-34)31-52-53(49)46-27-24-37-14-6-7-15-41(37)54(46)58-52/h3-33H,1-2H3/i3D,4D,5D,6D,7D,8D,9D,10D,11D,12D,13D,14D,15D,16D,17D,18D,19D,20D,21D,22D,23D,24D,25D,26D,27D,28D,29D,30D,31D,32D,33D. The van der Waals surface area contributed by atoms with Crippen LogP contribution >= 0.6 is 0 Å². The number of para-hydroxylation sites is 1. The Hall–Kier alpha value is -7.36. The van der Waals surface area contributed by atoms with Gasteiger partial charge >= 0.3 is 0 Å². The molecule has 0 saturated heterocycles. The summed E-state index contributed by atoms with van der Waals surface area (Å²) in [5.41, 5.74) is -12.5. The topological polar surface area (TPSA) is 29.5 Å². The quantitative estimate of drug-likeness (QED) is 0.174. The van der Waals surface area contributed by atoms with Gasteiger partial charge in [-0.05, 0) is 98.2 Å². The molecule has 2 aromatic heterocycles. The van der Waals surface area contributed by atoms with Gasteiger partial charge in [0.2, 0.25) is 0 Å². The van der Waals surface area contributed by atoms with Gasteiger partial charge in [-0.1, -0.05) is 147 Å². The Morgan fingerprint density at radius 1 is 0.431 bits per heavy atom. The number of fused-ring (bicyclic) bond motifs is 11. The molecule has 0 N–H and O–H groups in total. The molecule has 2 heterocycles. The zero-order valence-corrected chi connectivity index (χ0v) is 29.8. The number of benzene rings is 9. The normalized spacial score (nSPS) is 20.6. The highest BCUT2D eigenvalue weighted by Crippen LogP contribution is 2.52. The molecule has 12 rings (SSSR count). The second-order valence-corrected chi connectivity index (χ2v) is 13.7. The van der Waals surface area contributed by atoms with Gasteiger partial charge in [0.1, 0.15) is 22.3 Å². The smallest absolute Gasteiger partial charge is 0.143 e. The van der Waals surface area contributed by atoms with E-state index in [2.05, 4.69) is 0 Å². The van der Waals surface area contributed by atoms with Crippen molar-refractivity contribution >= 4 is 71.7 Å². The summed E-state index contributed by atoms with van der Waals surface area (Å²) in [6.07, 6.45) is 0. The predicted molar refractivity (Wildman–Crippen MR) is 242 cm³/mol. The second-order valence-electron chi connectivity index (χ2n) is 13.7. The van der Waals surface area contributed by atoms with Crippen LogP contribution in [0.4, 0.5) is 17.1 Å². The Labute approximate surface area is 379 Å². The minimum atomic E-state index is -1.76. The molecule has 3 heteroatoms. The van der Waals surface area contributed by atoms with Crippen LogP contribution in [0.25, 0.3) is 88.0 Å². The van der Waals surface area contributed by atoms with Gasteiger partial charge in [0.15, 0.2) is 0 Å². The molecule has 11 aromatic rings. The zero-order valence-electron chi connectivity index (χ0n) is 60.8. The summed E-state index contributed by atoms with van der Waals surface area (Å²) in [5.74, 6) is 0. The molecule has 3 nitrogen and oxygen atoms in total. The van der Waals surface area contributed by atoms with Crippen molar-refractivity contribution in [2.24, 2.45) is 0 Å². The van der Waals surface area contributed by atoms with Crippen molar-refractivity contribution < 1.29 is 51.3 Å². The summed E-state index contributed by atoms with van der Waals surface area (Å²) in [4.78, 5) is 0.579. The van der Waals surface area contributed by atoms with Crippen LogP contribution in [0.1, 0.15) is 67.5 Å². The van der Waals surface area contributed by atoms with Crippen LogP contribution in [0, 0.1) is 0 Å². The Kier molecular flexibility index (Phi) is 3.09. The van der Waals surface area contributed by atoms with E-state index in [1.807, 2.05) is 0 Å². The van der Waals surface area contributed by atoms with E-state index in [0.717, 1.165) is 0 Å². The van der Waals surface area contributed by atoms with Crippen molar-refractivity contribution in [1.29, 1.82) is 0 Å². The van der Waals surface area contributed by atoms with Gasteiger partial charge in [-0.25, -0.2) is 0 Å². The number of hydrogen-bond acceptors (Lipinski definition) is 3. The van der Waals surface area contributed by atoms with Crippen molar-refractivity contribution in [2.45, 2.75) is 19.3 Å². The van der Waals surface area contributed by atoms with E-state index >= 15 is 0 Å². The summed E-state index contributed by atoms with van der Waals surface area (Å²) in [6.45, 7) is 2.85. The molecular weight excluding hydrogens is 707 g/mol. The summed E-state index contributed by atoms with van der Waals surface area (Å²) >= 11 is 0. The highest BCUT2D eigenvalue weighted by Gasteiger charge is 2.36. The summed E-state index contributed by atoms with van der Waals surface area (Å²) in [6, 6.07) is -28.9. The van der Waals surface area contributed by atoms with Gasteiger partial charge in [-0.3, -0.25) is 0 Å². The molecule has 1 aliphatic rings. The minimum absolute atomic E-state index is 0.151. The lowest BCUT2D eigenvalue weighted by atomic mass is 9.82. The van der Waals surface area contributed by atoms with Crippen LogP contribution in [0.15, 0.2) is 196 Å². The fraction of sp³-hybridized carbons (Fsp3) is 0.0545. The van der Waals surface area contributed by atoms with Crippen molar-refractivity contribution in [2.75, 3.05) is 4.90 Å². The molecule has 9 aromatic carbocycles. The molecule has 0 spiro atoms. The highest BCUT2D eigenvalue weighted by atomic mass is 16.3. The minimum Gasteiger partial charge on any atom is -0.456 e.